The van der Waals surface area contributed by atoms with Crippen LogP contribution in [0.2, 0.25) is 0 Å². The number of hydrogen-bond acceptors (Lipinski definition) is 2. The summed E-state index contributed by atoms with van der Waals surface area (Å²) >= 11 is 0. The highest BCUT2D eigenvalue weighted by molar-refractivity contribution is 5.86. The third-order valence-electron chi connectivity index (χ3n) is 5.60. The number of hydrogen-bond donors (Lipinski definition) is 0. The Balaban J connectivity index is 2.12. The van der Waals surface area contributed by atoms with Crippen molar-refractivity contribution in [2.45, 2.75) is 59.3 Å². The molecule has 2 aliphatic carbocycles. The summed E-state index contributed by atoms with van der Waals surface area (Å²) in [5, 5.41) is 0. The quantitative estimate of drug-likeness (QED) is 0.457. The molecule has 1 fully saturated rings. The molecular formula is C23H29FO2. The molecule has 0 atom stereocenters. The Kier molecular flexibility index (Phi) is 5.09. The van der Waals surface area contributed by atoms with Crippen LogP contribution in [0.25, 0.3) is 11.1 Å². The van der Waals surface area contributed by atoms with Crippen molar-refractivity contribution in [1.29, 1.82) is 0 Å². The van der Waals surface area contributed by atoms with Crippen molar-refractivity contribution in [1.82, 2.24) is 0 Å². The van der Waals surface area contributed by atoms with Gasteiger partial charge in [0, 0.05) is 6.42 Å². The average Bonchev–Trinajstić information content (AvgIpc) is 3.41. The highest BCUT2D eigenvalue weighted by atomic mass is 19.1. The van der Waals surface area contributed by atoms with E-state index in [1.807, 2.05) is 12.1 Å². The molecule has 26 heavy (non-hydrogen) atoms. The minimum Gasteiger partial charge on any atom is -0.497 e. The summed E-state index contributed by atoms with van der Waals surface area (Å²) in [4.78, 5) is 10.8. The summed E-state index contributed by atoms with van der Waals surface area (Å²) in [7, 11) is 0. The van der Waals surface area contributed by atoms with Crippen molar-refractivity contribution in [3.05, 3.63) is 46.5 Å². The van der Waals surface area contributed by atoms with Gasteiger partial charge in [-0.1, -0.05) is 39.8 Å². The van der Waals surface area contributed by atoms with Crippen molar-refractivity contribution in [3.63, 3.8) is 0 Å². The molecule has 1 saturated carbocycles. The monoisotopic (exact) mass is 356 g/mol. The standard InChI is InChI=1S/C23H29FO2/c1-14(2)22-18-10-17(15(3)20(24)12-25)8-9-19(18)23(4,5)11-21(22)26-13-16-6-7-16/h8-10,12,14,16H,6-7,11,13H2,1-5H3. The highest BCUT2D eigenvalue weighted by Crippen LogP contribution is 2.46. The van der Waals surface area contributed by atoms with Crippen LogP contribution in [0, 0.1) is 11.8 Å². The molecule has 0 amide bonds. The van der Waals surface area contributed by atoms with Crippen LogP contribution < -0.4 is 0 Å². The van der Waals surface area contributed by atoms with Gasteiger partial charge < -0.3 is 4.74 Å². The summed E-state index contributed by atoms with van der Waals surface area (Å²) in [6.07, 6.45) is 3.70. The number of carbonyl (C=O) groups is 1. The zero-order valence-electron chi connectivity index (χ0n) is 16.5. The van der Waals surface area contributed by atoms with Crippen LogP contribution in [0.4, 0.5) is 4.39 Å². The van der Waals surface area contributed by atoms with Crippen LogP contribution in [0.1, 0.15) is 70.6 Å². The number of rotatable bonds is 6. The van der Waals surface area contributed by atoms with Gasteiger partial charge in [-0.25, -0.2) is 4.39 Å². The molecule has 140 valence electrons. The molecule has 0 saturated heterocycles. The van der Waals surface area contributed by atoms with Crippen molar-refractivity contribution in [2.75, 3.05) is 6.61 Å². The smallest absolute Gasteiger partial charge is 0.178 e. The summed E-state index contributed by atoms with van der Waals surface area (Å²) in [5.41, 5.74) is 4.73. The topological polar surface area (TPSA) is 26.3 Å². The first-order valence-electron chi connectivity index (χ1n) is 9.57. The number of carbonyl (C=O) groups excluding carboxylic acids is 1. The van der Waals surface area contributed by atoms with E-state index in [1.165, 1.54) is 24.0 Å². The second-order valence-electron chi connectivity index (χ2n) is 8.66. The number of allylic oxidation sites excluding steroid dienone is 4. The van der Waals surface area contributed by atoms with Gasteiger partial charge in [-0.2, -0.15) is 0 Å². The molecule has 3 rings (SSSR count). The maximum Gasteiger partial charge on any atom is 0.178 e. The molecule has 0 radical (unpaired) electrons. The van der Waals surface area contributed by atoms with Gasteiger partial charge in [-0.15, -0.1) is 0 Å². The summed E-state index contributed by atoms with van der Waals surface area (Å²) in [5.74, 6) is 1.40. The first kappa shape index (κ1) is 18.9. The second-order valence-corrected chi connectivity index (χ2v) is 8.66. The Labute approximate surface area is 156 Å². The summed E-state index contributed by atoms with van der Waals surface area (Å²) in [6.45, 7) is 11.3. The molecule has 2 nitrogen and oxygen atoms in total. The molecule has 3 heteroatoms. The summed E-state index contributed by atoms with van der Waals surface area (Å²) in [6, 6.07) is 6.05. The predicted octanol–water partition coefficient (Wildman–Crippen LogP) is 6.06. The van der Waals surface area contributed by atoms with Crippen LogP contribution >= 0.6 is 0 Å². The minimum atomic E-state index is -0.708. The molecule has 0 spiro atoms. The van der Waals surface area contributed by atoms with E-state index in [1.54, 1.807) is 6.92 Å². The van der Waals surface area contributed by atoms with E-state index in [9.17, 15) is 9.18 Å². The van der Waals surface area contributed by atoms with Gasteiger partial charge >= 0.3 is 0 Å². The number of halogens is 1. The van der Waals surface area contributed by atoms with Crippen molar-refractivity contribution in [2.24, 2.45) is 11.8 Å². The molecule has 1 aromatic rings. The molecule has 0 heterocycles. The Morgan fingerprint density at radius 3 is 2.62 bits per heavy atom. The van der Waals surface area contributed by atoms with Gasteiger partial charge in [0.15, 0.2) is 12.1 Å². The van der Waals surface area contributed by atoms with Crippen LogP contribution in [0.15, 0.2) is 29.8 Å². The second kappa shape index (κ2) is 7.02. The number of ether oxygens (including phenoxy) is 1. The molecule has 0 aromatic heterocycles. The first-order valence-corrected chi connectivity index (χ1v) is 9.57. The summed E-state index contributed by atoms with van der Waals surface area (Å²) < 4.78 is 20.1. The fourth-order valence-electron chi connectivity index (χ4n) is 3.82. The first-order chi connectivity index (χ1) is 12.2. The number of fused-ring (bicyclic) bond motifs is 1. The lowest BCUT2D eigenvalue weighted by atomic mass is 9.70. The molecule has 0 aliphatic heterocycles. The van der Waals surface area contributed by atoms with E-state index < -0.39 is 5.83 Å². The molecule has 0 N–H and O–H groups in total. The maximum absolute atomic E-state index is 13.8. The molecular weight excluding hydrogens is 327 g/mol. The van der Waals surface area contributed by atoms with E-state index in [0.717, 1.165) is 29.9 Å². The Morgan fingerprint density at radius 1 is 1.35 bits per heavy atom. The number of aldehydes is 1. The minimum absolute atomic E-state index is 0.0358. The molecule has 1 aromatic carbocycles. The van der Waals surface area contributed by atoms with Gasteiger partial charge in [0.1, 0.15) is 5.76 Å². The van der Waals surface area contributed by atoms with Gasteiger partial charge in [0.05, 0.1) is 6.61 Å². The Morgan fingerprint density at radius 2 is 2.04 bits per heavy atom. The zero-order valence-corrected chi connectivity index (χ0v) is 16.5. The maximum atomic E-state index is 13.8. The third kappa shape index (κ3) is 3.62. The fraction of sp³-hybridized carbons (Fsp3) is 0.522. The van der Waals surface area contributed by atoms with E-state index in [-0.39, 0.29) is 11.7 Å². The molecule has 2 aliphatic rings. The lowest BCUT2D eigenvalue weighted by molar-refractivity contribution is -0.106. The predicted molar refractivity (Wildman–Crippen MR) is 104 cm³/mol. The van der Waals surface area contributed by atoms with Crippen molar-refractivity contribution >= 4 is 17.4 Å². The highest BCUT2D eigenvalue weighted by Gasteiger charge is 2.35. The van der Waals surface area contributed by atoms with Crippen molar-refractivity contribution < 1.29 is 13.9 Å². The van der Waals surface area contributed by atoms with Crippen LogP contribution in [0.5, 0.6) is 0 Å². The average molecular weight is 356 g/mol. The van der Waals surface area contributed by atoms with Crippen LogP contribution in [-0.2, 0) is 14.9 Å². The van der Waals surface area contributed by atoms with Crippen LogP contribution in [-0.4, -0.2) is 12.9 Å². The molecule has 0 unspecified atom stereocenters. The van der Waals surface area contributed by atoms with Gasteiger partial charge in [0.25, 0.3) is 0 Å². The third-order valence-corrected chi connectivity index (χ3v) is 5.60. The Hall–Kier alpha value is -1.90. The SMILES string of the molecule is CC(=C(F)C=O)c1ccc2c(c1)C(C(C)C)=C(OCC1CC1)CC2(C)C. The largest absolute Gasteiger partial charge is 0.497 e. The van der Waals surface area contributed by atoms with E-state index >= 15 is 0 Å². The lowest BCUT2D eigenvalue weighted by Crippen LogP contribution is -2.27. The van der Waals surface area contributed by atoms with Gasteiger partial charge in [-0.05, 0) is 70.9 Å². The Bertz CT molecular complexity index is 779. The van der Waals surface area contributed by atoms with E-state index in [4.69, 9.17) is 4.74 Å². The fourth-order valence-corrected chi connectivity index (χ4v) is 3.82. The zero-order chi connectivity index (χ0) is 19.1. The van der Waals surface area contributed by atoms with E-state index in [0.29, 0.717) is 17.4 Å². The molecule has 0 bridgehead atoms. The lowest BCUT2D eigenvalue weighted by Gasteiger charge is -2.37. The van der Waals surface area contributed by atoms with Crippen LogP contribution in [0.3, 0.4) is 0 Å². The normalized spacial score (nSPS) is 20.0. The van der Waals surface area contributed by atoms with E-state index in [2.05, 4.69) is 33.8 Å². The number of benzene rings is 1. The van der Waals surface area contributed by atoms with Gasteiger partial charge in [-0.3, -0.25) is 4.79 Å². The van der Waals surface area contributed by atoms with Crippen molar-refractivity contribution in [3.8, 4) is 0 Å². The van der Waals surface area contributed by atoms with Gasteiger partial charge in [0.2, 0.25) is 0 Å².